The summed E-state index contributed by atoms with van der Waals surface area (Å²) in [5, 5.41) is 0.288. The van der Waals surface area contributed by atoms with Crippen molar-refractivity contribution in [3.8, 4) is 0 Å². The Labute approximate surface area is 149 Å². The second-order valence-electron chi connectivity index (χ2n) is 6.58. The Morgan fingerprint density at radius 3 is 2.58 bits per heavy atom. The number of hydrogen-bond donors (Lipinski definition) is 0. The van der Waals surface area contributed by atoms with Crippen LogP contribution < -0.4 is 0 Å². The van der Waals surface area contributed by atoms with Crippen molar-refractivity contribution in [1.29, 1.82) is 0 Å². The van der Waals surface area contributed by atoms with Crippen LogP contribution in [0, 0.1) is 0 Å². The van der Waals surface area contributed by atoms with Gasteiger partial charge in [-0.1, -0.05) is 44.2 Å². The molecule has 5 heteroatoms. The van der Waals surface area contributed by atoms with Crippen LogP contribution in [0.2, 0.25) is 0 Å². The number of nitrogens with zero attached hydrogens (tertiary/aromatic N) is 1. The fourth-order valence-electron chi connectivity index (χ4n) is 3.79. The molecular weight excluding hydrogens is 322 g/mol. The Kier molecular flexibility index (Phi) is 5.21. The number of rotatable bonds is 5. The molecule has 2 aliphatic heterocycles. The highest BCUT2D eigenvalue weighted by atomic mass is 32.1. The molecule has 1 aromatic rings. The molecule has 2 aliphatic rings. The summed E-state index contributed by atoms with van der Waals surface area (Å²) in [4.78, 5) is 14.8. The molecule has 1 aromatic carbocycles. The van der Waals surface area contributed by atoms with Gasteiger partial charge >= 0.3 is 0 Å². The normalized spacial score (nSPS) is 24.0. The van der Waals surface area contributed by atoms with Crippen LogP contribution in [0.25, 0.3) is 0 Å². The molecule has 0 bridgehead atoms. The molecule has 0 saturated carbocycles. The summed E-state index contributed by atoms with van der Waals surface area (Å²) in [5.74, 6) is -0.331. The molecule has 0 unspecified atom stereocenters. The van der Waals surface area contributed by atoms with Gasteiger partial charge in [0.15, 0.2) is 0 Å². The van der Waals surface area contributed by atoms with Crippen LogP contribution in [0.1, 0.15) is 51.0 Å². The van der Waals surface area contributed by atoms with Crippen molar-refractivity contribution in [2.24, 2.45) is 0 Å². The Morgan fingerprint density at radius 1 is 1.33 bits per heavy atom. The summed E-state index contributed by atoms with van der Waals surface area (Å²) in [7, 11) is 0. The van der Waals surface area contributed by atoms with Crippen molar-refractivity contribution < 1.29 is 14.3 Å². The SMILES string of the molecule is CCC1(CC)CC[C@H]([C@H](C(=O)N2CCOC2=S)c2ccccc2)O1. The molecule has 3 rings (SSSR count). The fraction of sp³-hybridized carbons (Fsp3) is 0.579. The number of carbonyl (C=O) groups is 1. The topological polar surface area (TPSA) is 38.8 Å². The minimum Gasteiger partial charge on any atom is -0.469 e. The molecule has 2 fully saturated rings. The van der Waals surface area contributed by atoms with Gasteiger partial charge in [0.2, 0.25) is 5.91 Å². The Morgan fingerprint density at radius 2 is 2.04 bits per heavy atom. The van der Waals surface area contributed by atoms with E-state index in [1.54, 1.807) is 4.90 Å². The maximum atomic E-state index is 13.2. The molecular formula is C19H25NO3S. The Hall–Kier alpha value is -1.46. The molecule has 0 spiro atoms. The van der Waals surface area contributed by atoms with Gasteiger partial charge < -0.3 is 9.47 Å². The monoisotopic (exact) mass is 347 g/mol. The molecule has 1 amide bonds. The zero-order chi connectivity index (χ0) is 17.2. The van der Waals surface area contributed by atoms with Crippen LogP contribution in [0.3, 0.4) is 0 Å². The summed E-state index contributed by atoms with van der Waals surface area (Å²) in [5.41, 5.74) is 0.894. The van der Waals surface area contributed by atoms with Crippen LogP contribution in [0.5, 0.6) is 0 Å². The molecule has 24 heavy (non-hydrogen) atoms. The summed E-state index contributed by atoms with van der Waals surface area (Å²) in [6.45, 7) is 5.33. The van der Waals surface area contributed by atoms with Gasteiger partial charge in [0.05, 0.1) is 24.2 Å². The second-order valence-corrected chi connectivity index (χ2v) is 6.93. The van der Waals surface area contributed by atoms with E-state index in [-0.39, 0.29) is 28.7 Å². The number of amides is 1. The smallest absolute Gasteiger partial charge is 0.266 e. The lowest BCUT2D eigenvalue weighted by Crippen LogP contribution is -2.41. The lowest BCUT2D eigenvalue weighted by atomic mass is 9.89. The lowest BCUT2D eigenvalue weighted by molar-refractivity contribution is -0.134. The first-order chi connectivity index (χ1) is 11.6. The van der Waals surface area contributed by atoms with E-state index in [1.165, 1.54) is 0 Å². The fourth-order valence-corrected chi connectivity index (χ4v) is 4.05. The van der Waals surface area contributed by atoms with Crippen LogP contribution in [-0.4, -0.2) is 40.8 Å². The Balaban J connectivity index is 1.89. The molecule has 0 aliphatic carbocycles. The average molecular weight is 347 g/mol. The molecule has 2 heterocycles. The van der Waals surface area contributed by atoms with Crippen molar-refractivity contribution in [1.82, 2.24) is 4.90 Å². The van der Waals surface area contributed by atoms with Crippen molar-refractivity contribution in [2.75, 3.05) is 13.2 Å². The molecule has 0 radical (unpaired) electrons. The Bertz CT molecular complexity index is 600. The van der Waals surface area contributed by atoms with Gasteiger partial charge in [-0.05, 0) is 43.5 Å². The molecule has 2 atom stereocenters. The summed E-state index contributed by atoms with van der Waals surface area (Å²) < 4.78 is 11.8. The average Bonchev–Trinajstić information content (AvgIpc) is 3.23. The largest absolute Gasteiger partial charge is 0.469 e. The number of benzene rings is 1. The van der Waals surface area contributed by atoms with Gasteiger partial charge in [-0.15, -0.1) is 0 Å². The third kappa shape index (κ3) is 3.20. The summed E-state index contributed by atoms with van der Waals surface area (Å²) >= 11 is 5.19. The standard InChI is InChI=1S/C19H25NO3S/c1-3-19(4-2)11-10-15(23-19)16(14-8-6-5-7-9-14)17(21)20-12-13-22-18(20)24/h5-9,15-16H,3-4,10-13H2,1-2H3/t15-,16-/m1/s1. The zero-order valence-electron chi connectivity index (χ0n) is 14.4. The van der Waals surface area contributed by atoms with E-state index in [0.717, 1.165) is 31.2 Å². The second kappa shape index (κ2) is 7.19. The molecule has 0 N–H and O–H groups in total. The lowest BCUT2D eigenvalue weighted by Gasteiger charge is -2.31. The van der Waals surface area contributed by atoms with Crippen LogP contribution >= 0.6 is 12.2 Å². The molecule has 0 aromatic heterocycles. The molecule has 130 valence electrons. The van der Waals surface area contributed by atoms with E-state index < -0.39 is 0 Å². The summed E-state index contributed by atoms with van der Waals surface area (Å²) in [6.07, 6.45) is 3.74. The molecule has 4 nitrogen and oxygen atoms in total. The van der Waals surface area contributed by atoms with Crippen molar-refractivity contribution in [2.45, 2.75) is 57.2 Å². The van der Waals surface area contributed by atoms with Gasteiger partial charge in [-0.3, -0.25) is 9.69 Å². The maximum Gasteiger partial charge on any atom is 0.266 e. The highest BCUT2D eigenvalue weighted by Crippen LogP contribution is 2.42. The molecule has 2 saturated heterocycles. The van der Waals surface area contributed by atoms with Crippen LogP contribution in [0.15, 0.2) is 30.3 Å². The zero-order valence-corrected chi connectivity index (χ0v) is 15.2. The van der Waals surface area contributed by atoms with E-state index in [9.17, 15) is 4.79 Å². The quantitative estimate of drug-likeness (QED) is 0.762. The third-order valence-electron chi connectivity index (χ3n) is 5.40. The number of thiocarbonyl (C=S) groups is 1. The van der Waals surface area contributed by atoms with E-state index in [2.05, 4.69) is 13.8 Å². The van der Waals surface area contributed by atoms with Gasteiger partial charge in [-0.2, -0.15) is 0 Å². The number of hydrogen-bond acceptors (Lipinski definition) is 4. The van der Waals surface area contributed by atoms with Gasteiger partial charge in [0.1, 0.15) is 6.61 Å². The predicted octanol–water partition coefficient (Wildman–Crippen LogP) is 3.65. The van der Waals surface area contributed by atoms with E-state index >= 15 is 0 Å². The first-order valence-electron chi connectivity index (χ1n) is 8.81. The van der Waals surface area contributed by atoms with Gasteiger partial charge in [0.25, 0.3) is 5.17 Å². The highest BCUT2D eigenvalue weighted by Gasteiger charge is 2.45. The van der Waals surface area contributed by atoms with Gasteiger partial charge in [0, 0.05) is 0 Å². The summed E-state index contributed by atoms with van der Waals surface area (Å²) in [6, 6.07) is 9.91. The first kappa shape index (κ1) is 17.4. The number of ether oxygens (including phenoxy) is 2. The van der Waals surface area contributed by atoms with Crippen molar-refractivity contribution in [3.63, 3.8) is 0 Å². The van der Waals surface area contributed by atoms with E-state index in [4.69, 9.17) is 21.7 Å². The van der Waals surface area contributed by atoms with Crippen LogP contribution in [-0.2, 0) is 14.3 Å². The van der Waals surface area contributed by atoms with Crippen LogP contribution in [0.4, 0.5) is 0 Å². The minimum absolute atomic E-state index is 0.00305. The third-order valence-corrected chi connectivity index (χ3v) is 5.74. The first-order valence-corrected chi connectivity index (χ1v) is 9.22. The van der Waals surface area contributed by atoms with Crippen molar-refractivity contribution >= 4 is 23.3 Å². The van der Waals surface area contributed by atoms with E-state index in [1.807, 2.05) is 30.3 Å². The predicted molar refractivity (Wildman–Crippen MR) is 96.9 cm³/mol. The van der Waals surface area contributed by atoms with Gasteiger partial charge in [-0.25, -0.2) is 0 Å². The van der Waals surface area contributed by atoms with E-state index in [0.29, 0.717) is 13.2 Å². The number of carbonyl (C=O) groups excluding carboxylic acids is 1. The highest BCUT2D eigenvalue weighted by molar-refractivity contribution is 7.80. The maximum absolute atomic E-state index is 13.2. The minimum atomic E-state index is -0.328. The van der Waals surface area contributed by atoms with Crippen molar-refractivity contribution in [3.05, 3.63) is 35.9 Å².